The van der Waals surface area contributed by atoms with E-state index >= 15 is 0 Å². The Morgan fingerprint density at radius 3 is 2.32 bits per heavy atom. The Bertz CT molecular complexity index is 1200. The van der Waals surface area contributed by atoms with Crippen molar-refractivity contribution in [3.63, 3.8) is 0 Å². The van der Waals surface area contributed by atoms with Gasteiger partial charge in [0.25, 0.3) is 0 Å². The number of amides is 2. The van der Waals surface area contributed by atoms with Crippen molar-refractivity contribution < 1.29 is 34.5 Å². The first kappa shape index (κ1) is 36.9. The van der Waals surface area contributed by atoms with Crippen LogP contribution in [0.4, 0.5) is 10.5 Å². The number of aliphatic hydroxyl groups is 2. The molecule has 2 amide bonds. The van der Waals surface area contributed by atoms with Crippen molar-refractivity contribution in [1.29, 1.82) is 0 Å². The lowest BCUT2D eigenvalue weighted by Crippen LogP contribution is -3.21. The number of hydroxylamine groups is 1. The van der Waals surface area contributed by atoms with Crippen LogP contribution in [0.3, 0.4) is 0 Å². The van der Waals surface area contributed by atoms with Gasteiger partial charge in [0.1, 0.15) is 17.4 Å². The fourth-order valence-electron chi connectivity index (χ4n) is 4.91. The number of unbranched alkanes of at least 4 members (excludes halogenated alkanes) is 1. The van der Waals surface area contributed by atoms with Crippen molar-refractivity contribution in [1.82, 2.24) is 10.7 Å². The predicted molar refractivity (Wildman–Crippen MR) is 170 cm³/mol. The van der Waals surface area contributed by atoms with Gasteiger partial charge < -0.3 is 25.5 Å². The Hall–Kier alpha value is -3.32. The SMILES string of the molecule is CC(=NCCCC[C@H](N[NH+]([O-])[C@@H](NC(=O)OC(C)(C)C)C(C)C)C(=O)Nc1ccc(CO)cc1)C1=C(O)CC(C)(C)CC1=O. The number of rotatable bonds is 14. The number of hydrogen-bond donors (Lipinski definition) is 6. The number of Topliss-reactive ketones (excluding diaryl/α,β-unsaturated/α-hetero) is 1. The highest BCUT2D eigenvalue weighted by molar-refractivity contribution is 6.22. The fourth-order valence-corrected chi connectivity index (χ4v) is 4.91. The van der Waals surface area contributed by atoms with Crippen LogP contribution in [0.25, 0.3) is 0 Å². The van der Waals surface area contributed by atoms with Crippen LogP contribution < -0.4 is 21.2 Å². The lowest BCUT2D eigenvalue weighted by Gasteiger charge is -2.36. The monoisotopic (exact) mass is 617 g/mol. The minimum Gasteiger partial charge on any atom is -0.612 e. The summed E-state index contributed by atoms with van der Waals surface area (Å²) in [7, 11) is 0. The van der Waals surface area contributed by atoms with E-state index in [4.69, 9.17) is 4.74 Å². The van der Waals surface area contributed by atoms with E-state index in [0.29, 0.717) is 61.2 Å². The number of nitrogens with one attached hydrogen (secondary N) is 4. The molecule has 1 aliphatic carbocycles. The number of ketones is 1. The van der Waals surface area contributed by atoms with Crippen molar-refractivity contribution in [2.24, 2.45) is 16.3 Å². The molecule has 12 nitrogen and oxygen atoms in total. The molecule has 1 aromatic rings. The van der Waals surface area contributed by atoms with Crippen molar-refractivity contribution in [2.45, 2.75) is 112 Å². The van der Waals surface area contributed by atoms with Gasteiger partial charge in [-0.05, 0) is 70.1 Å². The van der Waals surface area contributed by atoms with Crippen LogP contribution in [0.2, 0.25) is 0 Å². The third-order valence-electron chi connectivity index (χ3n) is 7.12. The van der Waals surface area contributed by atoms with E-state index in [2.05, 4.69) is 21.1 Å². The van der Waals surface area contributed by atoms with Gasteiger partial charge in [-0.25, -0.2) is 4.79 Å². The minimum atomic E-state index is -0.935. The maximum absolute atomic E-state index is 13.3. The average molecular weight is 618 g/mol. The standard InChI is InChI=1S/C32H51N5O7/c1-20(2)28(35-30(42)44-31(4,5)6)37(43)36-24(29(41)34-23-14-12-22(19-38)13-15-23)11-9-10-16-33-21(3)27-25(39)17-32(7,8)18-26(27)40/h12-15,20,24,28,36-39H,9-11,16-19H2,1-8H3,(H,34,41)(H,35,42)/t24-,28+/m0/s1. The highest BCUT2D eigenvalue weighted by Crippen LogP contribution is 2.36. The Morgan fingerprint density at radius 2 is 1.77 bits per heavy atom. The number of quaternary nitrogens is 1. The van der Waals surface area contributed by atoms with Gasteiger partial charge >= 0.3 is 6.09 Å². The van der Waals surface area contributed by atoms with Crippen LogP contribution in [0, 0.1) is 16.5 Å². The zero-order chi connectivity index (χ0) is 33.2. The summed E-state index contributed by atoms with van der Waals surface area (Å²) in [6, 6.07) is 5.79. The molecular weight excluding hydrogens is 566 g/mol. The molecule has 0 spiro atoms. The third kappa shape index (κ3) is 12.0. The van der Waals surface area contributed by atoms with E-state index in [1.807, 2.05) is 13.8 Å². The van der Waals surface area contributed by atoms with Gasteiger partial charge in [0, 0.05) is 36.7 Å². The molecule has 6 N–H and O–H groups in total. The number of aliphatic imine (C=N–C) groups is 1. The number of allylic oxidation sites excluding steroid dienone is 2. The van der Waals surface area contributed by atoms with E-state index in [1.165, 1.54) is 0 Å². The topological polar surface area (TPSA) is 177 Å². The molecule has 0 radical (unpaired) electrons. The highest BCUT2D eigenvalue weighted by Gasteiger charge is 2.34. The number of nitrogens with zero attached hydrogens (tertiary/aromatic N) is 1. The summed E-state index contributed by atoms with van der Waals surface area (Å²) in [5.74, 6) is -0.766. The van der Waals surface area contributed by atoms with E-state index in [-0.39, 0.29) is 29.5 Å². The molecule has 0 heterocycles. The second-order valence-corrected chi connectivity index (χ2v) is 13.5. The molecule has 1 aliphatic rings. The second-order valence-electron chi connectivity index (χ2n) is 13.5. The molecule has 2 rings (SSSR count). The quantitative estimate of drug-likeness (QED) is 0.0792. The Balaban J connectivity index is 2.11. The molecule has 12 heteroatoms. The Morgan fingerprint density at radius 1 is 1.14 bits per heavy atom. The number of anilines is 1. The molecule has 0 fully saturated rings. The maximum atomic E-state index is 13.3. The highest BCUT2D eigenvalue weighted by atomic mass is 16.6. The normalized spacial score (nSPS) is 17.7. The molecule has 246 valence electrons. The van der Waals surface area contributed by atoms with Gasteiger partial charge in [-0.1, -0.05) is 39.8 Å². The summed E-state index contributed by atoms with van der Waals surface area (Å²) in [6.07, 6.45) is 0.481. The van der Waals surface area contributed by atoms with Crippen molar-refractivity contribution in [3.8, 4) is 0 Å². The Kier molecular flexibility index (Phi) is 13.5. The first-order chi connectivity index (χ1) is 20.4. The molecule has 44 heavy (non-hydrogen) atoms. The van der Waals surface area contributed by atoms with Crippen molar-refractivity contribution in [2.75, 3.05) is 11.9 Å². The van der Waals surface area contributed by atoms with E-state index in [9.17, 15) is 29.8 Å². The summed E-state index contributed by atoms with van der Waals surface area (Å²) in [6.45, 7) is 14.6. The molecule has 1 unspecified atom stereocenters. The van der Waals surface area contributed by atoms with Gasteiger partial charge in [0.05, 0.1) is 12.2 Å². The average Bonchev–Trinajstić information content (AvgIpc) is 2.88. The summed E-state index contributed by atoms with van der Waals surface area (Å²) in [5, 5.41) is 38.0. The molecule has 3 atom stereocenters. The molecular formula is C32H51N5O7. The van der Waals surface area contributed by atoms with Crippen LogP contribution in [0.15, 0.2) is 40.6 Å². The number of alkyl carbamates (subject to hydrolysis) is 1. The number of ether oxygens (including phenoxy) is 1. The van der Waals surface area contributed by atoms with E-state index < -0.39 is 35.0 Å². The number of carbonyl (C=O) groups is 3. The van der Waals surface area contributed by atoms with Gasteiger partial charge in [-0.2, -0.15) is 5.43 Å². The van der Waals surface area contributed by atoms with Gasteiger partial charge in [-0.3, -0.25) is 25.1 Å². The van der Waals surface area contributed by atoms with Crippen molar-refractivity contribution in [3.05, 3.63) is 46.4 Å². The molecule has 0 saturated carbocycles. The molecule has 0 aliphatic heterocycles. The van der Waals surface area contributed by atoms with Gasteiger partial charge in [-0.15, -0.1) is 0 Å². The summed E-state index contributed by atoms with van der Waals surface area (Å²) < 4.78 is 5.32. The maximum Gasteiger partial charge on any atom is 0.412 e. The summed E-state index contributed by atoms with van der Waals surface area (Å²) >= 11 is 0. The van der Waals surface area contributed by atoms with Crippen LogP contribution in [0.5, 0.6) is 0 Å². The number of benzene rings is 1. The zero-order valence-electron chi connectivity index (χ0n) is 27.4. The summed E-state index contributed by atoms with van der Waals surface area (Å²) in [4.78, 5) is 42.9. The largest absolute Gasteiger partial charge is 0.612 e. The number of hydrogen-bond acceptors (Lipinski definition) is 9. The van der Waals surface area contributed by atoms with Crippen LogP contribution in [0.1, 0.15) is 93.1 Å². The van der Waals surface area contributed by atoms with Crippen LogP contribution in [-0.2, 0) is 20.9 Å². The zero-order valence-corrected chi connectivity index (χ0v) is 27.4. The molecule has 0 aromatic heterocycles. The first-order valence-corrected chi connectivity index (χ1v) is 15.2. The van der Waals surface area contributed by atoms with Crippen molar-refractivity contribution >= 4 is 29.2 Å². The van der Waals surface area contributed by atoms with E-state index in [0.717, 1.165) is 0 Å². The lowest BCUT2D eigenvalue weighted by molar-refractivity contribution is -0.929. The van der Waals surface area contributed by atoms with E-state index in [1.54, 1.807) is 65.8 Å². The fraction of sp³-hybridized carbons (Fsp3) is 0.625. The minimum absolute atomic E-state index is 0.0682. The summed E-state index contributed by atoms with van der Waals surface area (Å²) in [5.41, 5.74) is 3.75. The molecule has 0 saturated heterocycles. The first-order valence-electron chi connectivity index (χ1n) is 15.2. The van der Waals surface area contributed by atoms with Crippen LogP contribution >= 0.6 is 0 Å². The molecule has 1 aromatic carbocycles. The van der Waals surface area contributed by atoms with Gasteiger partial charge in [0.15, 0.2) is 11.9 Å². The number of carbonyl (C=O) groups excluding carboxylic acids is 3. The Labute approximate surface area is 260 Å². The predicted octanol–water partition coefficient (Wildman–Crippen LogP) is 3.71. The second kappa shape index (κ2) is 16.1. The van der Waals surface area contributed by atoms with Crippen LogP contribution in [-0.4, -0.2) is 58.1 Å². The molecule has 0 bridgehead atoms. The lowest BCUT2D eigenvalue weighted by atomic mass is 9.76. The number of aliphatic hydroxyl groups excluding tert-OH is 2. The van der Waals surface area contributed by atoms with Gasteiger partial charge in [0.2, 0.25) is 5.91 Å². The third-order valence-corrected chi connectivity index (χ3v) is 7.12. The smallest absolute Gasteiger partial charge is 0.412 e.